The van der Waals surface area contributed by atoms with Gasteiger partial charge in [-0.3, -0.25) is 14.6 Å². The highest BCUT2D eigenvalue weighted by Crippen LogP contribution is 2.37. The number of nitrogens with one attached hydrogen (secondary N) is 1. The maximum Gasteiger partial charge on any atom is 0.240 e. The standard InChI is InChI=1S/C16H16N4O2S/c1-20-12-5-3-7-18-15(12)23-13(16(20)22)8-14(21)19-10-11-4-2-6-17-9-11/h2-7,9,13H,8,10H2,1H3,(H,19,21)/t13-/m0/s1. The van der Waals surface area contributed by atoms with Crippen LogP contribution in [0.4, 0.5) is 5.69 Å². The zero-order valence-electron chi connectivity index (χ0n) is 12.6. The Morgan fingerprint density at radius 3 is 2.96 bits per heavy atom. The summed E-state index contributed by atoms with van der Waals surface area (Å²) < 4.78 is 0. The number of anilines is 1. The van der Waals surface area contributed by atoms with Crippen LogP contribution >= 0.6 is 11.8 Å². The zero-order chi connectivity index (χ0) is 16.2. The number of thioether (sulfide) groups is 1. The third-order valence-corrected chi connectivity index (χ3v) is 4.75. The molecule has 1 aliphatic rings. The van der Waals surface area contributed by atoms with Crippen molar-refractivity contribution in [1.82, 2.24) is 15.3 Å². The van der Waals surface area contributed by atoms with Gasteiger partial charge in [-0.2, -0.15) is 0 Å². The first-order valence-corrected chi connectivity index (χ1v) is 8.08. The van der Waals surface area contributed by atoms with E-state index in [-0.39, 0.29) is 18.2 Å². The van der Waals surface area contributed by atoms with Crippen LogP contribution in [0.15, 0.2) is 47.9 Å². The van der Waals surface area contributed by atoms with Gasteiger partial charge in [0.25, 0.3) is 0 Å². The van der Waals surface area contributed by atoms with E-state index in [1.165, 1.54) is 11.8 Å². The maximum atomic E-state index is 12.4. The number of fused-ring (bicyclic) bond motifs is 1. The van der Waals surface area contributed by atoms with Gasteiger partial charge >= 0.3 is 0 Å². The van der Waals surface area contributed by atoms with E-state index in [1.54, 1.807) is 36.6 Å². The molecule has 0 saturated heterocycles. The predicted octanol–water partition coefficient (Wildman–Crippen LogP) is 1.62. The molecule has 3 rings (SSSR count). The topological polar surface area (TPSA) is 75.2 Å². The fourth-order valence-electron chi connectivity index (χ4n) is 2.32. The Bertz CT molecular complexity index is 723. The minimum Gasteiger partial charge on any atom is -0.352 e. The van der Waals surface area contributed by atoms with Gasteiger partial charge in [-0.25, -0.2) is 4.98 Å². The van der Waals surface area contributed by atoms with E-state index in [4.69, 9.17) is 0 Å². The van der Waals surface area contributed by atoms with Crippen LogP contribution in [0.1, 0.15) is 12.0 Å². The first-order valence-electron chi connectivity index (χ1n) is 7.20. The molecule has 2 amide bonds. The molecule has 0 aliphatic carbocycles. The molecule has 23 heavy (non-hydrogen) atoms. The van der Waals surface area contributed by atoms with Gasteiger partial charge in [0.05, 0.1) is 10.9 Å². The largest absolute Gasteiger partial charge is 0.352 e. The van der Waals surface area contributed by atoms with Gasteiger partial charge in [0, 0.05) is 38.6 Å². The molecule has 0 radical (unpaired) electrons. The van der Waals surface area contributed by atoms with Crippen LogP contribution in [0, 0.1) is 0 Å². The lowest BCUT2D eigenvalue weighted by Crippen LogP contribution is -2.41. The lowest BCUT2D eigenvalue weighted by atomic mass is 10.2. The molecule has 118 valence electrons. The number of amides is 2. The van der Waals surface area contributed by atoms with Gasteiger partial charge in [-0.15, -0.1) is 0 Å². The summed E-state index contributed by atoms with van der Waals surface area (Å²) in [7, 11) is 1.71. The van der Waals surface area contributed by atoms with E-state index in [0.717, 1.165) is 16.3 Å². The highest BCUT2D eigenvalue weighted by molar-refractivity contribution is 8.00. The van der Waals surface area contributed by atoms with Crippen molar-refractivity contribution in [2.24, 2.45) is 0 Å². The quantitative estimate of drug-likeness (QED) is 0.923. The average Bonchev–Trinajstić information content (AvgIpc) is 2.58. The molecule has 1 N–H and O–H groups in total. The third kappa shape index (κ3) is 3.50. The van der Waals surface area contributed by atoms with Crippen LogP contribution < -0.4 is 10.2 Å². The fourth-order valence-corrected chi connectivity index (χ4v) is 3.53. The summed E-state index contributed by atoms with van der Waals surface area (Å²) in [5.41, 5.74) is 1.71. The number of rotatable bonds is 4. The maximum absolute atomic E-state index is 12.4. The number of pyridine rings is 2. The molecule has 1 atom stereocenters. The summed E-state index contributed by atoms with van der Waals surface area (Å²) >= 11 is 1.34. The Morgan fingerprint density at radius 2 is 2.17 bits per heavy atom. The normalized spacial score (nSPS) is 16.8. The lowest BCUT2D eigenvalue weighted by Gasteiger charge is -2.29. The number of carbonyl (C=O) groups excluding carboxylic acids is 2. The SMILES string of the molecule is CN1C(=O)[C@H](CC(=O)NCc2cccnc2)Sc2ncccc21. The van der Waals surface area contributed by atoms with Crippen molar-refractivity contribution < 1.29 is 9.59 Å². The van der Waals surface area contributed by atoms with E-state index in [9.17, 15) is 9.59 Å². The molecule has 1 aliphatic heterocycles. The molecule has 2 aromatic heterocycles. The highest BCUT2D eigenvalue weighted by Gasteiger charge is 2.33. The molecule has 6 nitrogen and oxygen atoms in total. The molecule has 0 spiro atoms. The van der Waals surface area contributed by atoms with E-state index < -0.39 is 5.25 Å². The second kappa shape index (κ2) is 6.78. The summed E-state index contributed by atoms with van der Waals surface area (Å²) in [6.45, 7) is 0.406. The number of nitrogens with zero attached hydrogens (tertiary/aromatic N) is 3. The van der Waals surface area contributed by atoms with E-state index in [0.29, 0.717) is 6.54 Å². The monoisotopic (exact) mass is 328 g/mol. The molecular formula is C16H16N4O2S. The molecule has 0 aromatic carbocycles. The summed E-state index contributed by atoms with van der Waals surface area (Å²) in [5, 5.41) is 3.15. The van der Waals surface area contributed by atoms with Crippen LogP contribution in [0.3, 0.4) is 0 Å². The van der Waals surface area contributed by atoms with E-state index in [2.05, 4.69) is 15.3 Å². The van der Waals surface area contributed by atoms with Crippen molar-refractivity contribution >= 4 is 29.3 Å². The van der Waals surface area contributed by atoms with E-state index in [1.807, 2.05) is 18.2 Å². The van der Waals surface area contributed by atoms with Crippen LogP contribution in [-0.2, 0) is 16.1 Å². The average molecular weight is 328 g/mol. The van der Waals surface area contributed by atoms with Crippen LogP contribution in [0.25, 0.3) is 0 Å². The molecule has 0 bridgehead atoms. The highest BCUT2D eigenvalue weighted by atomic mass is 32.2. The van der Waals surface area contributed by atoms with Gasteiger partial charge in [0.15, 0.2) is 0 Å². The van der Waals surface area contributed by atoms with Crippen molar-refractivity contribution in [2.45, 2.75) is 23.2 Å². The van der Waals surface area contributed by atoms with Gasteiger partial charge in [0.1, 0.15) is 5.03 Å². The Kier molecular flexibility index (Phi) is 4.57. The second-order valence-corrected chi connectivity index (χ2v) is 6.36. The number of aromatic nitrogens is 2. The van der Waals surface area contributed by atoms with Crippen LogP contribution in [0.2, 0.25) is 0 Å². The minimum atomic E-state index is -0.448. The Morgan fingerprint density at radius 1 is 1.35 bits per heavy atom. The van der Waals surface area contributed by atoms with Crippen molar-refractivity contribution in [2.75, 3.05) is 11.9 Å². The molecular weight excluding hydrogens is 312 g/mol. The van der Waals surface area contributed by atoms with Gasteiger partial charge in [-0.05, 0) is 23.8 Å². The number of hydrogen-bond acceptors (Lipinski definition) is 5. The van der Waals surface area contributed by atoms with Gasteiger partial charge in [-0.1, -0.05) is 17.8 Å². The predicted molar refractivity (Wildman–Crippen MR) is 88.0 cm³/mol. The summed E-state index contributed by atoms with van der Waals surface area (Å²) in [4.78, 5) is 34.4. The smallest absolute Gasteiger partial charge is 0.240 e. The zero-order valence-corrected chi connectivity index (χ0v) is 13.4. The molecule has 2 aromatic rings. The third-order valence-electron chi connectivity index (χ3n) is 3.56. The second-order valence-electron chi connectivity index (χ2n) is 5.17. The lowest BCUT2D eigenvalue weighted by molar-refractivity contribution is -0.124. The summed E-state index contributed by atoms with van der Waals surface area (Å²) in [6, 6.07) is 7.36. The van der Waals surface area contributed by atoms with Crippen molar-refractivity contribution in [3.63, 3.8) is 0 Å². The fraction of sp³-hybridized carbons (Fsp3) is 0.250. The van der Waals surface area contributed by atoms with Crippen molar-refractivity contribution in [3.8, 4) is 0 Å². The van der Waals surface area contributed by atoms with Gasteiger partial charge in [0.2, 0.25) is 11.8 Å². The number of hydrogen-bond donors (Lipinski definition) is 1. The molecule has 3 heterocycles. The van der Waals surface area contributed by atoms with Gasteiger partial charge < -0.3 is 10.2 Å². The summed E-state index contributed by atoms with van der Waals surface area (Å²) in [6.07, 6.45) is 5.21. The number of carbonyl (C=O) groups is 2. The molecule has 0 saturated carbocycles. The molecule has 7 heteroatoms. The molecule has 0 fully saturated rings. The van der Waals surface area contributed by atoms with E-state index >= 15 is 0 Å². The van der Waals surface area contributed by atoms with Crippen molar-refractivity contribution in [1.29, 1.82) is 0 Å². The van der Waals surface area contributed by atoms with Crippen LogP contribution in [0.5, 0.6) is 0 Å². The van der Waals surface area contributed by atoms with Crippen molar-refractivity contribution in [3.05, 3.63) is 48.4 Å². The minimum absolute atomic E-state index is 0.0768. The molecule has 0 unspecified atom stereocenters. The Hall–Kier alpha value is -2.41. The van der Waals surface area contributed by atoms with Crippen LogP contribution in [-0.4, -0.2) is 34.1 Å². The Balaban J connectivity index is 1.62. The first kappa shape index (κ1) is 15.5. The Labute approximate surface area is 138 Å². The first-order chi connectivity index (χ1) is 11.1. The summed E-state index contributed by atoms with van der Waals surface area (Å²) in [5.74, 6) is -0.237.